The van der Waals surface area contributed by atoms with E-state index in [1.807, 2.05) is 12.1 Å². The monoisotopic (exact) mass is 315 g/mol. The molecule has 0 aromatic heterocycles. The van der Waals surface area contributed by atoms with E-state index in [2.05, 4.69) is 36.1 Å². The van der Waals surface area contributed by atoms with E-state index in [9.17, 15) is 4.39 Å². The Morgan fingerprint density at radius 2 is 1.61 bits per heavy atom. The molecule has 0 amide bonds. The third kappa shape index (κ3) is 5.68. The van der Waals surface area contributed by atoms with Gasteiger partial charge in [-0.2, -0.15) is 0 Å². The molecule has 0 aliphatic rings. The summed E-state index contributed by atoms with van der Waals surface area (Å²) in [4.78, 5) is 2.45. The third-order valence-corrected chi connectivity index (χ3v) is 4.03. The Balaban J connectivity index is 1.87. The normalized spacial score (nSPS) is 11.0. The van der Waals surface area contributed by atoms with Crippen LogP contribution in [0.3, 0.4) is 0 Å². The smallest absolute Gasteiger partial charge is 0.165 e. The molecular formula is C20H26FNO. The van der Waals surface area contributed by atoms with Gasteiger partial charge in [-0.1, -0.05) is 43.3 Å². The summed E-state index contributed by atoms with van der Waals surface area (Å²) in [5.74, 6) is 0.0274. The van der Waals surface area contributed by atoms with Gasteiger partial charge in [0.05, 0.1) is 7.11 Å². The number of rotatable bonds is 9. The zero-order valence-electron chi connectivity index (χ0n) is 14.1. The Labute approximate surface area is 138 Å². The first-order chi connectivity index (χ1) is 11.2. The second-order valence-corrected chi connectivity index (χ2v) is 5.80. The highest BCUT2D eigenvalue weighted by molar-refractivity contribution is 5.29. The summed E-state index contributed by atoms with van der Waals surface area (Å²) >= 11 is 0. The molecule has 2 nitrogen and oxygen atoms in total. The number of methoxy groups -OCH3 is 1. The van der Waals surface area contributed by atoms with Gasteiger partial charge in [0.15, 0.2) is 11.6 Å². The van der Waals surface area contributed by atoms with E-state index >= 15 is 0 Å². The molecule has 0 unspecified atom stereocenters. The van der Waals surface area contributed by atoms with Crippen LogP contribution in [0.25, 0.3) is 0 Å². The van der Waals surface area contributed by atoms with Crippen molar-refractivity contribution in [2.45, 2.75) is 26.2 Å². The van der Waals surface area contributed by atoms with Gasteiger partial charge < -0.3 is 9.64 Å². The fourth-order valence-electron chi connectivity index (χ4n) is 2.74. The summed E-state index contributed by atoms with van der Waals surface area (Å²) in [5.41, 5.74) is 2.38. The average molecular weight is 315 g/mol. The van der Waals surface area contributed by atoms with Crippen LogP contribution in [0.15, 0.2) is 48.5 Å². The molecule has 0 radical (unpaired) electrons. The van der Waals surface area contributed by atoms with E-state index in [0.29, 0.717) is 5.75 Å². The summed E-state index contributed by atoms with van der Waals surface area (Å²) < 4.78 is 18.7. The lowest BCUT2D eigenvalue weighted by Crippen LogP contribution is -2.29. The van der Waals surface area contributed by atoms with Crippen molar-refractivity contribution in [3.05, 3.63) is 65.5 Å². The molecule has 3 heteroatoms. The van der Waals surface area contributed by atoms with Crippen LogP contribution in [0.2, 0.25) is 0 Å². The molecule has 0 atom stereocenters. The van der Waals surface area contributed by atoms with Gasteiger partial charge in [-0.3, -0.25) is 0 Å². The Morgan fingerprint density at radius 1 is 0.913 bits per heavy atom. The van der Waals surface area contributed by atoms with E-state index in [-0.39, 0.29) is 5.82 Å². The van der Waals surface area contributed by atoms with E-state index in [4.69, 9.17) is 4.74 Å². The fourth-order valence-corrected chi connectivity index (χ4v) is 2.74. The molecular weight excluding hydrogens is 289 g/mol. The maximum absolute atomic E-state index is 13.8. The van der Waals surface area contributed by atoms with Crippen molar-refractivity contribution in [2.75, 3.05) is 26.7 Å². The molecule has 0 saturated heterocycles. The zero-order valence-corrected chi connectivity index (χ0v) is 14.1. The van der Waals surface area contributed by atoms with Crippen LogP contribution in [-0.4, -0.2) is 31.6 Å². The van der Waals surface area contributed by atoms with E-state index in [0.717, 1.165) is 44.5 Å². The van der Waals surface area contributed by atoms with Crippen LogP contribution in [0.1, 0.15) is 24.5 Å². The highest BCUT2D eigenvalue weighted by atomic mass is 19.1. The quantitative estimate of drug-likeness (QED) is 0.683. The minimum absolute atomic E-state index is 0.281. The van der Waals surface area contributed by atoms with Crippen molar-refractivity contribution >= 4 is 0 Å². The minimum atomic E-state index is -0.281. The standard InChI is InChI=1S/C20H26FNO/c1-3-13-22(14-11-17-7-5-4-6-8-17)15-12-18-9-10-20(23-2)19(21)16-18/h4-10,16H,3,11-15H2,1-2H3. The number of hydrogen-bond acceptors (Lipinski definition) is 2. The molecule has 2 rings (SSSR count). The van der Waals surface area contributed by atoms with Crippen LogP contribution < -0.4 is 4.74 Å². The molecule has 0 aliphatic carbocycles. The lowest BCUT2D eigenvalue weighted by molar-refractivity contribution is 0.281. The Hall–Kier alpha value is -1.87. The van der Waals surface area contributed by atoms with E-state index < -0.39 is 0 Å². The molecule has 2 aromatic rings. The average Bonchev–Trinajstić information content (AvgIpc) is 2.58. The number of ether oxygens (including phenoxy) is 1. The first-order valence-corrected chi connectivity index (χ1v) is 8.31. The predicted octanol–water partition coefficient (Wildman–Crippen LogP) is 4.33. The van der Waals surface area contributed by atoms with Crippen molar-refractivity contribution in [2.24, 2.45) is 0 Å². The van der Waals surface area contributed by atoms with Gasteiger partial charge in [-0.15, -0.1) is 0 Å². The molecule has 0 N–H and O–H groups in total. The molecule has 0 saturated carbocycles. The third-order valence-electron chi connectivity index (χ3n) is 4.03. The van der Waals surface area contributed by atoms with Gasteiger partial charge in [-0.25, -0.2) is 4.39 Å². The van der Waals surface area contributed by atoms with Gasteiger partial charge in [0.25, 0.3) is 0 Å². The van der Waals surface area contributed by atoms with Crippen molar-refractivity contribution in [1.29, 1.82) is 0 Å². The second-order valence-electron chi connectivity index (χ2n) is 5.80. The van der Waals surface area contributed by atoms with E-state index in [1.165, 1.54) is 12.7 Å². The van der Waals surface area contributed by atoms with Crippen LogP contribution in [-0.2, 0) is 12.8 Å². The van der Waals surface area contributed by atoms with Crippen LogP contribution >= 0.6 is 0 Å². The summed E-state index contributed by atoms with van der Waals surface area (Å²) in [5, 5.41) is 0. The SMILES string of the molecule is CCCN(CCc1ccccc1)CCc1ccc(OC)c(F)c1. The number of halogens is 1. The van der Waals surface area contributed by atoms with Crippen molar-refractivity contribution in [3.63, 3.8) is 0 Å². The molecule has 0 fully saturated rings. The summed E-state index contributed by atoms with van der Waals surface area (Å²) in [6.45, 7) is 5.26. The summed E-state index contributed by atoms with van der Waals surface area (Å²) in [6.07, 6.45) is 3.04. The van der Waals surface area contributed by atoms with Gasteiger partial charge in [-0.05, 0) is 49.1 Å². The Morgan fingerprint density at radius 3 is 2.22 bits per heavy atom. The van der Waals surface area contributed by atoms with Gasteiger partial charge in [0.2, 0.25) is 0 Å². The van der Waals surface area contributed by atoms with Gasteiger partial charge >= 0.3 is 0 Å². The van der Waals surface area contributed by atoms with Crippen LogP contribution in [0, 0.1) is 5.82 Å². The maximum Gasteiger partial charge on any atom is 0.165 e. The first kappa shape index (κ1) is 17.5. The first-order valence-electron chi connectivity index (χ1n) is 8.31. The van der Waals surface area contributed by atoms with Crippen molar-refractivity contribution in [3.8, 4) is 5.75 Å². The number of benzene rings is 2. The molecule has 0 bridgehead atoms. The largest absolute Gasteiger partial charge is 0.494 e. The Bertz CT molecular complexity index is 585. The highest BCUT2D eigenvalue weighted by Gasteiger charge is 2.07. The van der Waals surface area contributed by atoms with Gasteiger partial charge in [0.1, 0.15) is 0 Å². The molecule has 0 spiro atoms. The lowest BCUT2D eigenvalue weighted by atomic mass is 10.1. The zero-order chi connectivity index (χ0) is 16.5. The summed E-state index contributed by atoms with van der Waals surface area (Å²) in [6, 6.07) is 15.8. The van der Waals surface area contributed by atoms with E-state index in [1.54, 1.807) is 12.1 Å². The molecule has 2 aromatic carbocycles. The Kier molecular flexibility index (Phi) is 7.08. The number of nitrogens with zero attached hydrogens (tertiary/aromatic N) is 1. The fraction of sp³-hybridized carbons (Fsp3) is 0.400. The topological polar surface area (TPSA) is 12.5 Å². The lowest BCUT2D eigenvalue weighted by Gasteiger charge is -2.22. The predicted molar refractivity (Wildman–Crippen MR) is 93.5 cm³/mol. The van der Waals surface area contributed by atoms with Crippen LogP contribution in [0.4, 0.5) is 4.39 Å². The molecule has 0 aliphatic heterocycles. The summed E-state index contributed by atoms with van der Waals surface area (Å²) in [7, 11) is 1.49. The number of hydrogen-bond donors (Lipinski definition) is 0. The highest BCUT2D eigenvalue weighted by Crippen LogP contribution is 2.18. The minimum Gasteiger partial charge on any atom is -0.494 e. The molecule has 124 valence electrons. The van der Waals surface area contributed by atoms with Gasteiger partial charge in [0, 0.05) is 13.1 Å². The van der Waals surface area contributed by atoms with Crippen molar-refractivity contribution in [1.82, 2.24) is 4.90 Å². The van der Waals surface area contributed by atoms with Crippen LogP contribution in [0.5, 0.6) is 5.75 Å². The maximum atomic E-state index is 13.8. The second kappa shape index (κ2) is 9.31. The molecule has 23 heavy (non-hydrogen) atoms. The molecule has 0 heterocycles. The van der Waals surface area contributed by atoms with Crippen molar-refractivity contribution < 1.29 is 9.13 Å².